The summed E-state index contributed by atoms with van der Waals surface area (Å²) >= 11 is 0. The number of rotatable bonds is 9. The van der Waals surface area contributed by atoms with Crippen LogP contribution in [0.4, 0.5) is 0 Å². The summed E-state index contributed by atoms with van der Waals surface area (Å²) in [5.41, 5.74) is 2.04. The van der Waals surface area contributed by atoms with Crippen molar-refractivity contribution >= 4 is 17.4 Å². The van der Waals surface area contributed by atoms with Crippen LogP contribution in [0.1, 0.15) is 22.7 Å². The molecule has 1 aliphatic rings. The summed E-state index contributed by atoms with van der Waals surface area (Å²) in [5, 5.41) is 11.2. The molecule has 0 radical (unpaired) electrons. The lowest BCUT2D eigenvalue weighted by atomic mass is 9.95. The molecule has 0 bridgehead atoms. The zero-order chi connectivity index (χ0) is 26.5. The Bertz CT molecular complexity index is 1310. The molecule has 1 fully saturated rings. The standard InChI is InChI=1S/C29H29NO7/c1-34-21-10-6-19(7-11-21)26-25(27(31)20-8-12-22(35-2)13-9-20)28(32)29(33)30(26)16-15-18-5-14-23(36-3)24(17-18)37-4/h5-14,17,26,31H,15-16H2,1-4H3/t26-/m0/s1. The average molecular weight is 504 g/mol. The van der Waals surface area contributed by atoms with Gasteiger partial charge in [0, 0.05) is 12.1 Å². The number of aliphatic hydroxyl groups excluding tert-OH is 1. The topological polar surface area (TPSA) is 94.5 Å². The van der Waals surface area contributed by atoms with Crippen LogP contribution < -0.4 is 18.9 Å². The number of ether oxygens (including phenoxy) is 4. The van der Waals surface area contributed by atoms with Crippen LogP contribution in [0, 0.1) is 0 Å². The average Bonchev–Trinajstić information content (AvgIpc) is 3.20. The lowest BCUT2D eigenvalue weighted by Gasteiger charge is -2.25. The minimum atomic E-state index is -0.770. The van der Waals surface area contributed by atoms with Crippen molar-refractivity contribution in [3.8, 4) is 23.0 Å². The first-order valence-corrected chi connectivity index (χ1v) is 11.7. The predicted octanol–water partition coefficient (Wildman–Crippen LogP) is 4.39. The van der Waals surface area contributed by atoms with Crippen molar-refractivity contribution in [2.45, 2.75) is 12.5 Å². The molecule has 3 aromatic carbocycles. The van der Waals surface area contributed by atoms with Gasteiger partial charge in [0.15, 0.2) is 11.5 Å². The van der Waals surface area contributed by atoms with Gasteiger partial charge in [-0.25, -0.2) is 0 Å². The monoisotopic (exact) mass is 503 g/mol. The van der Waals surface area contributed by atoms with Gasteiger partial charge in [-0.05, 0) is 66.1 Å². The Morgan fingerprint density at radius 1 is 0.784 bits per heavy atom. The van der Waals surface area contributed by atoms with Crippen LogP contribution in [0.15, 0.2) is 72.3 Å². The van der Waals surface area contributed by atoms with Gasteiger partial charge in [-0.2, -0.15) is 0 Å². The van der Waals surface area contributed by atoms with E-state index in [9.17, 15) is 14.7 Å². The van der Waals surface area contributed by atoms with Crippen molar-refractivity contribution in [3.05, 3.63) is 89.0 Å². The molecule has 1 heterocycles. The van der Waals surface area contributed by atoms with Gasteiger partial charge in [0.1, 0.15) is 17.3 Å². The molecule has 8 nitrogen and oxygen atoms in total. The highest BCUT2D eigenvalue weighted by molar-refractivity contribution is 6.46. The van der Waals surface area contributed by atoms with Crippen molar-refractivity contribution in [1.29, 1.82) is 0 Å². The Morgan fingerprint density at radius 2 is 1.38 bits per heavy atom. The molecule has 1 aliphatic heterocycles. The minimum Gasteiger partial charge on any atom is -0.507 e. The molecular weight excluding hydrogens is 474 g/mol. The summed E-state index contributed by atoms with van der Waals surface area (Å²) in [4.78, 5) is 28.0. The highest BCUT2D eigenvalue weighted by Gasteiger charge is 2.45. The molecule has 192 valence electrons. The number of amides is 1. The fourth-order valence-corrected chi connectivity index (χ4v) is 4.43. The fraction of sp³-hybridized carbons (Fsp3) is 0.241. The highest BCUT2D eigenvalue weighted by Crippen LogP contribution is 2.40. The highest BCUT2D eigenvalue weighted by atomic mass is 16.5. The predicted molar refractivity (Wildman–Crippen MR) is 138 cm³/mol. The molecule has 1 amide bonds. The Kier molecular flexibility index (Phi) is 7.67. The SMILES string of the molecule is COc1ccc(C(O)=C2C(=O)C(=O)N(CCc3ccc(OC)c(OC)c3)[C@H]2c2ccc(OC)cc2)cc1. The number of hydrogen-bond donors (Lipinski definition) is 1. The molecule has 0 aromatic heterocycles. The van der Waals surface area contributed by atoms with E-state index < -0.39 is 17.7 Å². The first-order chi connectivity index (χ1) is 17.9. The van der Waals surface area contributed by atoms with E-state index in [1.165, 1.54) is 4.90 Å². The Hall–Kier alpha value is -4.46. The van der Waals surface area contributed by atoms with Crippen LogP contribution in [-0.4, -0.2) is 56.7 Å². The van der Waals surface area contributed by atoms with Crippen LogP contribution in [0.2, 0.25) is 0 Å². The number of benzene rings is 3. The maximum atomic E-state index is 13.3. The lowest BCUT2D eigenvalue weighted by Crippen LogP contribution is -2.31. The van der Waals surface area contributed by atoms with Crippen molar-refractivity contribution in [2.24, 2.45) is 0 Å². The van der Waals surface area contributed by atoms with Crippen molar-refractivity contribution in [3.63, 3.8) is 0 Å². The van der Waals surface area contributed by atoms with E-state index in [0.717, 1.165) is 5.56 Å². The maximum Gasteiger partial charge on any atom is 0.295 e. The molecule has 0 unspecified atom stereocenters. The number of hydrogen-bond acceptors (Lipinski definition) is 7. The second kappa shape index (κ2) is 11.1. The van der Waals surface area contributed by atoms with E-state index >= 15 is 0 Å². The summed E-state index contributed by atoms with van der Waals surface area (Å²) < 4.78 is 21.2. The summed E-state index contributed by atoms with van der Waals surface area (Å²) in [6, 6.07) is 18.5. The lowest BCUT2D eigenvalue weighted by molar-refractivity contribution is -0.139. The Labute approximate surface area is 215 Å². The first kappa shape index (κ1) is 25.6. The van der Waals surface area contributed by atoms with E-state index in [1.54, 1.807) is 83.0 Å². The molecule has 37 heavy (non-hydrogen) atoms. The molecule has 0 spiro atoms. The third-order valence-corrected chi connectivity index (χ3v) is 6.42. The number of carbonyl (C=O) groups excluding carboxylic acids is 2. The second-order valence-corrected chi connectivity index (χ2v) is 8.43. The van der Waals surface area contributed by atoms with Crippen LogP contribution in [0.25, 0.3) is 5.76 Å². The zero-order valence-electron chi connectivity index (χ0n) is 21.2. The number of aliphatic hydroxyl groups is 1. The van der Waals surface area contributed by atoms with Crippen LogP contribution in [0.3, 0.4) is 0 Å². The van der Waals surface area contributed by atoms with E-state index in [-0.39, 0.29) is 17.9 Å². The van der Waals surface area contributed by atoms with Gasteiger partial charge in [-0.1, -0.05) is 18.2 Å². The Balaban J connectivity index is 1.73. The molecule has 1 saturated heterocycles. The largest absolute Gasteiger partial charge is 0.507 e. The van der Waals surface area contributed by atoms with Gasteiger partial charge in [0.2, 0.25) is 0 Å². The van der Waals surface area contributed by atoms with E-state index in [1.807, 2.05) is 12.1 Å². The quantitative estimate of drug-likeness (QED) is 0.263. The van der Waals surface area contributed by atoms with Gasteiger partial charge < -0.3 is 29.0 Å². The van der Waals surface area contributed by atoms with E-state index in [2.05, 4.69) is 0 Å². The molecule has 0 saturated carbocycles. The molecular formula is C29H29NO7. The zero-order valence-corrected chi connectivity index (χ0v) is 21.2. The Morgan fingerprint density at radius 3 is 1.95 bits per heavy atom. The van der Waals surface area contributed by atoms with Gasteiger partial charge >= 0.3 is 0 Å². The maximum absolute atomic E-state index is 13.3. The number of methoxy groups -OCH3 is 4. The van der Waals surface area contributed by atoms with Gasteiger partial charge in [0.25, 0.3) is 11.7 Å². The number of Topliss-reactive ketones (excluding diaryl/α,β-unsaturated/α-hetero) is 1. The van der Waals surface area contributed by atoms with Crippen LogP contribution >= 0.6 is 0 Å². The summed E-state index contributed by atoms with van der Waals surface area (Å²) in [5.74, 6) is 0.783. The third kappa shape index (κ3) is 5.09. The number of ketones is 1. The molecule has 0 aliphatic carbocycles. The summed E-state index contributed by atoms with van der Waals surface area (Å²) in [6.45, 7) is 0.246. The molecule has 3 aromatic rings. The summed E-state index contributed by atoms with van der Waals surface area (Å²) in [7, 11) is 6.23. The van der Waals surface area contributed by atoms with Crippen LogP contribution in [-0.2, 0) is 16.0 Å². The van der Waals surface area contributed by atoms with Crippen molar-refractivity contribution < 1.29 is 33.6 Å². The van der Waals surface area contributed by atoms with Crippen LogP contribution in [0.5, 0.6) is 23.0 Å². The fourth-order valence-electron chi connectivity index (χ4n) is 4.43. The molecule has 8 heteroatoms. The molecule has 1 atom stereocenters. The molecule has 4 rings (SSSR count). The second-order valence-electron chi connectivity index (χ2n) is 8.43. The van der Waals surface area contributed by atoms with E-state index in [0.29, 0.717) is 40.5 Å². The number of carbonyl (C=O) groups is 2. The van der Waals surface area contributed by atoms with Crippen molar-refractivity contribution in [2.75, 3.05) is 35.0 Å². The van der Waals surface area contributed by atoms with Crippen molar-refractivity contribution in [1.82, 2.24) is 4.90 Å². The van der Waals surface area contributed by atoms with E-state index in [4.69, 9.17) is 18.9 Å². The molecule has 1 N–H and O–H groups in total. The van der Waals surface area contributed by atoms with Gasteiger partial charge in [0.05, 0.1) is 40.1 Å². The normalized spacial score (nSPS) is 16.5. The number of likely N-dealkylation sites (tertiary alicyclic amines) is 1. The number of nitrogens with zero attached hydrogens (tertiary/aromatic N) is 1. The van der Waals surface area contributed by atoms with Gasteiger partial charge in [-0.3, -0.25) is 9.59 Å². The third-order valence-electron chi connectivity index (χ3n) is 6.42. The minimum absolute atomic E-state index is 0.0349. The smallest absolute Gasteiger partial charge is 0.295 e. The summed E-state index contributed by atoms with van der Waals surface area (Å²) in [6.07, 6.45) is 0.461. The van der Waals surface area contributed by atoms with Gasteiger partial charge in [-0.15, -0.1) is 0 Å². The first-order valence-electron chi connectivity index (χ1n) is 11.7.